The summed E-state index contributed by atoms with van der Waals surface area (Å²) < 4.78 is 14.0. The molecule has 0 heterocycles. The summed E-state index contributed by atoms with van der Waals surface area (Å²) >= 11 is 5.92. The average molecular weight is 307 g/mol. The second-order valence-corrected chi connectivity index (χ2v) is 5.60. The Morgan fingerprint density at radius 3 is 2.33 bits per heavy atom. The van der Waals surface area contributed by atoms with Crippen LogP contribution in [0.3, 0.4) is 0 Å². The van der Waals surface area contributed by atoms with Crippen molar-refractivity contribution in [2.24, 2.45) is 5.73 Å². The van der Waals surface area contributed by atoms with Crippen LogP contribution in [-0.4, -0.2) is 18.5 Å². The van der Waals surface area contributed by atoms with Gasteiger partial charge in [-0.05, 0) is 37.7 Å². The molecule has 21 heavy (non-hydrogen) atoms. The number of nitrogens with two attached hydrogens (primary N) is 1. The highest BCUT2D eigenvalue weighted by molar-refractivity contribution is 6.30. The van der Waals surface area contributed by atoms with E-state index in [9.17, 15) is 4.39 Å². The van der Waals surface area contributed by atoms with Crippen LogP contribution in [0.2, 0.25) is 5.02 Å². The van der Waals surface area contributed by atoms with E-state index in [0.29, 0.717) is 17.1 Å². The van der Waals surface area contributed by atoms with Crippen molar-refractivity contribution in [1.29, 1.82) is 0 Å². The molecule has 2 nitrogen and oxygen atoms in total. The van der Waals surface area contributed by atoms with Crippen LogP contribution in [0.5, 0.6) is 0 Å². The summed E-state index contributed by atoms with van der Waals surface area (Å²) in [6.45, 7) is 2.43. The smallest absolute Gasteiger partial charge is 0.128 e. The largest absolute Gasteiger partial charge is 0.329 e. The summed E-state index contributed by atoms with van der Waals surface area (Å²) in [5.41, 5.74) is 7.64. The first-order chi connectivity index (χ1) is 10.0. The van der Waals surface area contributed by atoms with E-state index in [4.69, 9.17) is 17.3 Å². The summed E-state index contributed by atoms with van der Waals surface area (Å²) in [5.74, 6) is -0.219. The van der Waals surface area contributed by atoms with Crippen molar-refractivity contribution < 1.29 is 4.39 Å². The van der Waals surface area contributed by atoms with E-state index in [0.717, 1.165) is 5.56 Å². The molecule has 0 amide bonds. The van der Waals surface area contributed by atoms with Crippen LogP contribution in [0.15, 0.2) is 48.5 Å². The zero-order chi connectivity index (χ0) is 15.4. The quantitative estimate of drug-likeness (QED) is 0.898. The van der Waals surface area contributed by atoms with Crippen LogP contribution in [0.1, 0.15) is 30.1 Å². The molecule has 0 aliphatic rings. The van der Waals surface area contributed by atoms with Crippen LogP contribution < -0.4 is 5.73 Å². The molecule has 0 aliphatic heterocycles. The van der Waals surface area contributed by atoms with Crippen LogP contribution in [0, 0.1) is 5.82 Å². The molecule has 0 spiro atoms. The van der Waals surface area contributed by atoms with Gasteiger partial charge >= 0.3 is 0 Å². The Morgan fingerprint density at radius 2 is 1.76 bits per heavy atom. The summed E-state index contributed by atoms with van der Waals surface area (Å²) in [4.78, 5) is 2.08. The number of nitrogens with zero attached hydrogens (tertiary/aromatic N) is 1. The predicted octanol–water partition coefficient (Wildman–Crippen LogP) is 4.17. The molecule has 4 heteroatoms. The minimum absolute atomic E-state index is 0.107. The van der Waals surface area contributed by atoms with E-state index in [1.54, 1.807) is 12.1 Å². The van der Waals surface area contributed by atoms with Crippen LogP contribution in [0.25, 0.3) is 0 Å². The number of hydrogen-bond donors (Lipinski definition) is 1. The van der Waals surface area contributed by atoms with Crippen molar-refractivity contribution in [3.63, 3.8) is 0 Å². The van der Waals surface area contributed by atoms with E-state index in [2.05, 4.69) is 11.8 Å². The van der Waals surface area contributed by atoms with Gasteiger partial charge in [-0.1, -0.05) is 41.9 Å². The monoisotopic (exact) mass is 306 g/mol. The fourth-order valence-corrected chi connectivity index (χ4v) is 2.63. The van der Waals surface area contributed by atoms with Gasteiger partial charge in [0.2, 0.25) is 0 Å². The number of hydrogen-bond acceptors (Lipinski definition) is 2. The summed E-state index contributed by atoms with van der Waals surface area (Å²) in [6.07, 6.45) is 0. The van der Waals surface area contributed by atoms with Gasteiger partial charge in [0.25, 0.3) is 0 Å². The maximum Gasteiger partial charge on any atom is 0.128 e. The fourth-order valence-electron chi connectivity index (χ4n) is 2.50. The molecule has 2 unspecified atom stereocenters. The Labute approximate surface area is 130 Å². The third-order valence-electron chi connectivity index (χ3n) is 3.94. The van der Waals surface area contributed by atoms with Crippen molar-refractivity contribution >= 4 is 11.6 Å². The molecule has 0 bridgehead atoms. The normalized spacial score (nSPS) is 14.2. The van der Waals surface area contributed by atoms with Crippen molar-refractivity contribution in [1.82, 2.24) is 4.90 Å². The molecular formula is C17H20ClFN2. The predicted molar refractivity (Wildman–Crippen MR) is 85.8 cm³/mol. The Balaban J connectivity index is 2.25. The minimum Gasteiger partial charge on any atom is -0.329 e. The molecule has 2 aromatic carbocycles. The number of benzene rings is 2. The highest BCUT2D eigenvalue weighted by atomic mass is 35.5. The van der Waals surface area contributed by atoms with E-state index in [1.165, 1.54) is 6.07 Å². The first kappa shape index (κ1) is 16.0. The summed E-state index contributed by atoms with van der Waals surface area (Å²) in [5, 5.41) is 0.707. The van der Waals surface area contributed by atoms with Gasteiger partial charge in [0.1, 0.15) is 5.82 Å². The van der Waals surface area contributed by atoms with Gasteiger partial charge in [-0.2, -0.15) is 0 Å². The Bertz CT molecular complexity index is 586. The topological polar surface area (TPSA) is 29.3 Å². The molecule has 0 fully saturated rings. The Morgan fingerprint density at radius 1 is 1.14 bits per heavy atom. The molecule has 0 aromatic heterocycles. The molecule has 0 saturated carbocycles. The Hall–Kier alpha value is -1.42. The first-order valence-electron chi connectivity index (χ1n) is 6.96. The van der Waals surface area contributed by atoms with Gasteiger partial charge in [0.05, 0.1) is 6.04 Å². The maximum atomic E-state index is 14.0. The van der Waals surface area contributed by atoms with Crippen molar-refractivity contribution in [2.45, 2.75) is 19.0 Å². The van der Waals surface area contributed by atoms with Gasteiger partial charge in [-0.3, -0.25) is 4.90 Å². The summed E-state index contributed by atoms with van der Waals surface area (Å²) in [6, 6.07) is 14.4. The zero-order valence-electron chi connectivity index (χ0n) is 12.3. The van der Waals surface area contributed by atoms with Gasteiger partial charge in [0.15, 0.2) is 0 Å². The lowest BCUT2D eigenvalue weighted by Crippen LogP contribution is -2.33. The lowest BCUT2D eigenvalue weighted by atomic mass is 10.0. The fraction of sp³-hybridized carbons (Fsp3) is 0.294. The van der Waals surface area contributed by atoms with Crippen LogP contribution >= 0.6 is 11.6 Å². The Kier molecular flexibility index (Phi) is 5.34. The number of rotatable bonds is 5. The van der Waals surface area contributed by atoms with Crippen molar-refractivity contribution in [3.05, 3.63) is 70.5 Å². The SMILES string of the molecule is CC(c1ccc(Cl)cc1)N(C)C(CN)c1ccccc1F. The molecule has 2 N–H and O–H groups in total. The third-order valence-corrected chi connectivity index (χ3v) is 4.19. The van der Waals surface area contributed by atoms with Crippen molar-refractivity contribution in [3.8, 4) is 0 Å². The number of likely N-dealkylation sites (N-methyl/N-ethyl adjacent to an activating group) is 1. The second kappa shape index (κ2) is 7.03. The zero-order valence-corrected chi connectivity index (χ0v) is 13.0. The lowest BCUT2D eigenvalue weighted by molar-refractivity contribution is 0.186. The third kappa shape index (κ3) is 3.62. The van der Waals surface area contributed by atoms with E-state index in [-0.39, 0.29) is 17.9 Å². The highest BCUT2D eigenvalue weighted by Crippen LogP contribution is 2.30. The molecule has 2 rings (SSSR count). The number of halogens is 2. The standard InChI is InChI=1S/C17H20ClFN2/c1-12(13-7-9-14(18)10-8-13)21(2)17(11-20)15-5-3-4-6-16(15)19/h3-10,12,17H,11,20H2,1-2H3. The highest BCUT2D eigenvalue weighted by Gasteiger charge is 2.23. The second-order valence-electron chi connectivity index (χ2n) is 5.17. The maximum absolute atomic E-state index is 14.0. The first-order valence-corrected chi connectivity index (χ1v) is 7.34. The molecule has 0 saturated heterocycles. The average Bonchev–Trinajstić information content (AvgIpc) is 2.50. The summed E-state index contributed by atoms with van der Waals surface area (Å²) in [7, 11) is 1.96. The molecule has 0 radical (unpaired) electrons. The van der Waals surface area contributed by atoms with Gasteiger partial charge in [-0.15, -0.1) is 0 Å². The van der Waals surface area contributed by atoms with Crippen molar-refractivity contribution in [2.75, 3.05) is 13.6 Å². The molecule has 112 valence electrons. The molecule has 0 aliphatic carbocycles. The van der Waals surface area contributed by atoms with Gasteiger partial charge in [0, 0.05) is 23.2 Å². The lowest BCUT2D eigenvalue weighted by Gasteiger charge is -2.33. The van der Waals surface area contributed by atoms with Gasteiger partial charge < -0.3 is 5.73 Å². The molecule has 2 atom stereocenters. The van der Waals surface area contributed by atoms with Crippen LogP contribution in [0.4, 0.5) is 4.39 Å². The van der Waals surface area contributed by atoms with E-state index >= 15 is 0 Å². The van der Waals surface area contributed by atoms with E-state index < -0.39 is 0 Å². The van der Waals surface area contributed by atoms with E-state index in [1.807, 2.05) is 37.4 Å². The molecular weight excluding hydrogens is 287 g/mol. The minimum atomic E-state index is -0.219. The molecule has 2 aromatic rings. The van der Waals surface area contributed by atoms with Crippen LogP contribution in [-0.2, 0) is 0 Å². The van der Waals surface area contributed by atoms with Gasteiger partial charge in [-0.25, -0.2) is 4.39 Å².